The van der Waals surface area contributed by atoms with Crippen molar-refractivity contribution in [2.75, 3.05) is 10.6 Å². The molecule has 2 N–H and O–H groups in total. The normalized spacial score (nSPS) is 10.9. The van der Waals surface area contributed by atoms with Gasteiger partial charge in [0, 0.05) is 11.2 Å². The minimum absolute atomic E-state index is 0.271. The van der Waals surface area contributed by atoms with E-state index in [1.807, 2.05) is 20.0 Å². The van der Waals surface area contributed by atoms with Crippen molar-refractivity contribution in [2.45, 2.75) is 26.9 Å². The van der Waals surface area contributed by atoms with Crippen LogP contribution in [0.15, 0.2) is 54.9 Å². The van der Waals surface area contributed by atoms with Crippen molar-refractivity contribution in [2.24, 2.45) is 0 Å². The number of nitrogens with zero attached hydrogens (tertiary/aromatic N) is 4. The molecule has 4 aromatic rings. The summed E-state index contributed by atoms with van der Waals surface area (Å²) >= 11 is 11.6. The molecule has 0 fully saturated rings. The van der Waals surface area contributed by atoms with Gasteiger partial charge in [0.1, 0.15) is 11.6 Å². The van der Waals surface area contributed by atoms with Crippen LogP contribution in [0.4, 0.5) is 20.2 Å². The summed E-state index contributed by atoms with van der Waals surface area (Å²) in [6.07, 6.45) is 3.48. The largest absolute Gasteiger partial charge is 0.330 e. The first-order chi connectivity index (χ1) is 15.8. The molecular weight excluding hydrogens is 466 g/mol. The highest BCUT2D eigenvalue weighted by Gasteiger charge is 2.15. The fraction of sp³-hybridized carbons (Fsp3) is 0.174. The summed E-state index contributed by atoms with van der Waals surface area (Å²) in [5.74, 6) is -0.649. The number of hydrogen-bond donors (Lipinski definition) is 2. The molecule has 0 spiro atoms. The summed E-state index contributed by atoms with van der Waals surface area (Å²) in [4.78, 5) is 0. The second-order valence-corrected chi connectivity index (χ2v) is 8.39. The highest BCUT2D eigenvalue weighted by molar-refractivity contribution is 7.80. The van der Waals surface area contributed by atoms with Crippen LogP contribution in [0.5, 0.6) is 0 Å². The monoisotopic (exact) mass is 486 g/mol. The number of halogens is 3. The number of anilines is 2. The molecule has 0 atom stereocenters. The lowest BCUT2D eigenvalue weighted by Crippen LogP contribution is -2.19. The first kappa shape index (κ1) is 22.9. The van der Waals surface area contributed by atoms with E-state index in [-0.39, 0.29) is 11.6 Å². The zero-order chi connectivity index (χ0) is 23.5. The van der Waals surface area contributed by atoms with E-state index >= 15 is 0 Å². The molecule has 33 heavy (non-hydrogen) atoms. The lowest BCUT2D eigenvalue weighted by atomic mass is 10.2. The predicted molar refractivity (Wildman–Crippen MR) is 130 cm³/mol. The molecule has 170 valence electrons. The van der Waals surface area contributed by atoms with Gasteiger partial charge in [-0.3, -0.25) is 9.36 Å². The fourth-order valence-electron chi connectivity index (χ4n) is 3.41. The van der Waals surface area contributed by atoms with Crippen LogP contribution in [0.2, 0.25) is 5.02 Å². The van der Waals surface area contributed by atoms with Crippen LogP contribution in [0, 0.1) is 25.5 Å². The van der Waals surface area contributed by atoms with Gasteiger partial charge >= 0.3 is 0 Å². The van der Waals surface area contributed by atoms with Crippen LogP contribution in [0.3, 0.4) is 0 Å². The Kier molecular flexibility index (Phi) is 6.71. The topological polar surface area (TPSA) is 59.7 Å². The van der Waals surface area contributed by atoms with Crippen molar-refractivity contribution in [1.29, 1.82) is 0 Å². The Bertz CT molecular complexity index is 1300. The van der Waals surface area contributed by atoms with Gasteiger partial charge in [0.15, 0.2) is 5.11 Å². The van der Waals surface area contributed by atoms with Gasteiger partial charge in [-0.05, 0) is 61.5 Å². The second kappa shape index (κ2) is 9.68. The van der Waals surface area contributed by atoms with Crippen LogP contribution < -0.4 is 10.6 Å². The SMILES string of the molecule is Cc1nn(Cc2ccc(F)cc2Cl)c(C)c1NC(=S)Nc1cnn(Cc2ccc(F)cc2)c1. The highest BCUT2D eigenvalue weighted by atomic mass is 35.5. The Labute approximate surface area is 200 Å². The minimum Gasteiger partial charge on any atom is -0.330 e. The van der Waals surface area contributed by atoms with Crippen molar-refractivity contribution in [1.82, 2.24) is 19.6 Å². The average Bonchev–Trinajstić information content (AvgIpc) is 3.30. The first-order valence-corrected chi connectivity index (χ1v) is 10.9. The van der Waals surface area contributed by atoms with Crippen molar-refractivity contribution < 1.29 is 8.78 Å². The fourth-order valence-corrected chi connectivity index (χ4v) is 3.86. The highest BCUT2D eigenvalue weighted by Crippen LogP contribution is 2.24. The summed E-state index contributed by atoms with van der Waals surface area (Å²) in [5.41, 5.74) is 4.84. The second-order valence-electron chi connectivity index (χ2n) is 7.57. The Morgan fingerprint density at radius 3 is 2.48 bits per heavy atom. The molecule has 6 nitrogen and oxygen atoms in total. The standard InChI is InChI=1S/C23H21ClF2N6S/c1-14-22(15(2)32(30-14)12-17-5-8-19(26)9-21(17)24)29-23(33)28-20-10-27-31(13-20)11-16-3-6-18(25)7-4-16/h3-10,13H,11-12H2,1-2H3,(H2,28,29,33). The van der Waals surface area contributed by atoms with E-state index in [2.05, 4.69) is 20.8 Å². The number of aryl methyl sites for hydroxylation is 1. The molecule has 0 radical (unpaired) electrons. The minimum atomic E-state index is -0.378. The molecule has 0 aliphatic carbocycles. The number of aromatic nitrogens is 4. The van der Waals surface area contributed by atoms with Gasteiger partial charge in [-0.2, -0.15) is 10.2 Å². The molecule has 0 aliphatic rings. The zero-order valence-corrected chi connectivity index (χ0v) is 19.5. The molecule has 0 unspecified atom stereocenters. The zero-order valence-electron chi connectivity index (χ0n) is 17.9. The van der Waals surface area contributed by atoms with Crippen molar-refractivity contribution in [3.63, 3.8) is 0 Å². The molecule has 0 bridgehead atoms. The van der Waals surface area contributed by atoms with Gasteiger partial charge < -0.3 is 10.6 Å². The molecule has 2 heterocycles. The maximum absolute atomic E-state index is 13.3. The molecule has 0 amide bonds. The summed E-state index contributed by atoms with van der Waals surface area (Å²) in [7, 11) is 0. The number of benzene rings is 2. The van der Waals surface area contributed by atoms with Crippen molar-refractivity contribution in [3.8, 4) is 0 Å². The third-order valence-electron chi connectivity index (χ3n) is 5.10. The van der Waals surface area contributed by atoms with Gasteiger partial charge in [-0.1, -0.05) is 29.8 Å². The third-order valence-corrected chi connectivity index (χ3v) is 5.66. The van der Waals surface area contributed by atoms with E-state index in [4.69, 9.17) is 23.8 Å². The molecule has 0 aliphatic heterocycles. The number of hydrogen-bond acceptors (Lipinski definition) is 3. The number of nitrogens with one attached hydrogen (secondary N) is 2. The van der Waals surface area contributed by atoms with Gasteiger partial charge in [0.2, 0.25) is 0 Å². The first-order valence-electron chi connectivity index (χ1n) is 10.1. The van der Waals surface area contributed by atoms with Crippen LogP contribution in [0.1, 0.15) is 22.5 Å². The van der Waals surface area contributed by atoms with Gasteiger partial charge in [0.25, 0.3) is 0 Å². The van der Waals surface area contributed by atoms with E-state index < -0.39 is 0 Å². The van der Waals surface area contributed by atoms with Crippen molar-refractivity contribution >= 4 is 40.3 Å². The lowest BCUT2D eigenvalue weighted by molar-refractivity contribution is 0.622. The van der Waals surface area contributed by atoms with Gasteiger partial charge in [-0.25, -0.2) is 8.78 Å². The lowest BCUT2D eigenvalue weighted by Gasteiger charge is -2.10. The van der Waals surface area contributed by atoms with E-state index in [1.54, 1.807) is 33.8 Å². The van der Waals surface area contributed by atoms with E-state index in [1.165, 1.54) is 24.3 Å². The Morgan fingerprint density at radius 1 is 1.03 bits per heavy atom. The molecule has 2 aromatic carbocycles. The summed E-state index contributed by atoms with van der Waals surface area (Å²) < 4.78 is 29.9. The van der Waals surface area contributed by atoms with E-state index in [9.17, 15) is 8.78 Å². The number of thiocarbonyl (C=S) groups is 1. The van der Waals surface area contributed by atoms with Crippen molar-refractivity contribution in [3.05, 3.63) is 94.0 Å². The average molecular weight is 487 g/mol. The maximum atomic E-state index is 13.3. The maximum Gasteiger partial charge on any atom is 0.175 e. The Hall–Kier alpha value is -3.30. The van der Waals surface area contributed by atoms with Crippen LogP contribution >= 0.6 is 23.8 Å². The van der Waals surface area contributed by atoms with E-state index in [0.717, 1.165) is 33.9 Å². The third kappa shape index (κ3) is 5.55. The van der Waals surface area contributed by atoms with Crippen LogP contribution in [-0.2, 0) is 13.1 Å². The molecule has 10 heteroatoms. The van der Waals surface area contributed by atoms with Gasteiger partial charge in [-0.15, -0.1) is 0 Å². The Balaban J connectivity index is 1.40. The predicted octanol–water partition coefficient (Wildman–Crippen LogP) is 5.53. The molecule has 0 saturated heterocycles. The molecule has 0 saturated carbocycles. The smallest absolute Gasteiger partial charge is 0.175 e. The summed E-state index contributed by atoms with van der Waals surface area (Å²) in [6.45, 7) is 4.72. The number of rotatable bonds is 6. The van der Waals surface area contributed by atoms with Gasteiger partial charge in [0.05, 0.1) is 42.0 Å². The van der Waals surface area contributed by atoms with E-state index in [0.29, 0.717) is 23.2 Å². The van der Waals surface area contributed by atoms with Crippen LogP contribution in [-0.4, -0.2) is 24.7 Å². The molecular formula is C23H21ClF2N6S. The quantitative estimate of drug-likeness (QED) is 0.351. The summed E-state index contributed by atoms with van der Waals surface area (Å²) in [5, 5.41) is 15.9. The molecule has 4 rings (SSSR count). The Morgan fingerprint density at radius 2 is 1.76 bits per heavy atom. The summed E-state index contributed by atoms with van der Waals surface area (Å²) in [6, 6.07) is 10.6. The molecule has 2 aromatic heterocycles. The van der Waals surface area contributed by atoms with Crippen LogP contribution in [0.25, 0.3) is 0 Å².